The van der Waals surface area contributed by atoms with Gasteiger partial charge in [0.2, 0.25) is 0 Å². The highest BCUT2D eigenvalue weighted by molar-refractivity contribution is 8.33. The monoisotopic (exact) mass is 554 g/mol. The zero-order chi connectivity index (χ0) is 26.2. The minimum absolute atomic E-state index is 0.208. The fraction of sp³-hybridized carbons (Fsp3) is 0.947. The van der Waals surface area contributed by atoms with Crippen molar-refractivity contribution in [2.45, 2.75) is 92.7 Å². The molecule has 2 fully saturated rings. The van der Waals surface area contributed by atoms with Crippen LogP contribution in [-0.4, -0.2) is 54.7 Å². The molecule has 15 heteroatoms. The van der Waals surface area contributed by atoms with Crippen molar-refractivity contribution in [1.29, 1.82) is 0 Å². The highest BCUT2D eigenvalue weighted by Gasteiger charge is 2.86. The second-order valence-electron chi connectivity index (χ2n) is 8.96. The number of Topliss-reactive ketones (excluding diaryl/α,β-unsaturated/α-hetero) is 1. The van der Waals surface area contributed by atoms with Gasteiger partial charge in [-0.1, -0.05) is 38.5 Å². The lowest BCUT2D eigenvalue weighted by Gasteiger charge is -2.44. The predicted octanol–water partition coefficient (Wildman–Crippen LogP) is 6.59. The van der Waals surface area contributed by atoms with Crippen molar-refractivity contribution in [3.63, 3.8) is 0 Å². The summed E-state index contributed by atoms with van der Waals surface area (Å²) in [6, 6.07) is 0. The van der Waals surface area contributed by atoms with Gasteiger partial charge in [0, 0.05) is 11.2 Å². The van der Waals surface area contributed by atoms with Gasteiger partial charge in [-0.25, -0.2) is 3.63 Å². The number of hydrogen-bond acceptors (Lipinski definition) is 4. The molecule has 2 saturated carbocycles. The third-order valence-corrected chi connectivity index (χ3v) is 12.0. The molecule has 2 aliphatic carbocycles. The summed E-state index contributed by atoms with van der Waals surface area (Å²) in [4.78, 5) is 12.8. The van der Waals surface area contributed by atoms with Crippen LogP contribution in [0.5, 0.6) is 0 Å². The number of rotatable bonds is 9. The third-order valence-electron chi connectivity index (χ3n) is 6.42. The summed E-state index contributed by atoms with van der Waals surface area (Å²) in [6.45, 7) is 0. The molecule has 0 aromatic carbocycles. The number of alkyl halides is 9. The Morgan fingerprint density at radius 1 is 0.765 bits per heavy atom. The number of ketones is 1. The molecule has 1 unspecified atom stereocenters. The summed E-state index contributed by atoms with van der Waals surface area (Å²) < 4.78 is 149. The van der Waals surface area contributed by atoms with Crippen LogP contribution in [0.1, 0.15) is 64.2 Å². The summed E-state index contributed by atoms with van der Waals surface area (Å²) in [6.07, 6.45) is -0.889. The van der Waals surface area contributed by atoms with Gasteiger partial charge >= 0.3 is 33.4 Å². The van der Waals surface area contributed by atoms with E-state index in [2.05, 4.69) is 3.63 Å². The largest absolute Gasteiger partial charge is 0.460 e. The van der Waals surface area contributed by atoms with E-state index in [9.17, 15) is 52.7 Å². The molecular weight excluding hydrogens is 527 g/mol. The Kier molecular flexibility index (Phi) is 8.67. The van der Waals surface area contributed by atoms with E-state index in [4.69, 9.17) is 0 Å². The van der Waals surface area contributed by atoms with Crippen LogP contribution in [0.25, 0.3) is 0 Å². The number of carbonyl (C=O) groups is 1. The van der Waals surface area contributed by atoms with Gasteiger partial charge in [0.1, 0.15) is 5.78 Å². The van der Waals surface area contributed by atoms with Crippen molar-refractivity contribution in [3.8, 4) is 0 Å². The minimum atomic E-state index is -7.37. The summed E-state index contributed by atoms with van der Waals surface area (Å²) >= 11 is 0. The first-order valence-electron chi connectivity index (χ1n) is 10.7. The Labute approximate surface area is 193 Å². The lowest BCUT2D eigenvalue weighted by Crippen LogP contribution is -2.63. The first kappa shape index (κ1) is 29.5. The van der Waals surface area contributed by atoms with E-state index in [-0.39, 0.29) is 12.8 Å². The highest BCUT2D eigenvalue weighted by Crippen LogP contribution is 2.61. The molecule has 2 rings (SSSR count). The average Bonchev–Trinajstić information content (AvgIpc) is 2.73. The topological polar surface area (TPSA) is 60.4 Å². The maximum absolute atomic E-state index is 14.3. The van der Waals surface area contributed by atoms with E-state index >= 15 is 0 Å². The average molecular weight is 555 g/mol. The van der Waals surface area contributed by atoms with Gasteiger partial charge < -0.3 is 0 Å². The normalized spacial score (nSPS) is 23.4. The molecule has 0 bridgehead atoms. The Morgan fingerprint density at radius 3 is 1.65 bits per heavy atom. The zero-order valence-corrected chi connectivity index (χ0v) is 19.9. The molecule has 0 spiro atoms. The number of halogens is 9. The molecule has 202 valence electrons. The summed E-state index contributed by atoms with van der Waals surface area (Å²) in [5, 5.41) is -7.73. The fourth-order valence-electron chi connectivity index (χ4n) is 4.35. The van der Waals surface area contributed by atoms with Gasteiger partial charge in [0.05, 0.1) is 5.75 Å². The molecule has 0 aliphatic heterocycles. The lowest BCUT2D eigenvalue weighted by molar-refractivity contribution is -0.382. The second kappa shape index (κ2) is 9.98. The molecular formula is C19H27F9O4S2. The van der Waals surface area contributed by atoms with E-state index in [1.807, 2.05) is 0 Å². The van der Waals surface area contributed by atoms with Crippen molar-refractivity contribution in [3.05, 3.63) is 0 Å². The Morgan fingerprint density at radius 2 is 1.21 bits per heavy atom. The van der Waals surface area contributed by atoms with Gasteiger partial charge in [-0.05, 0) is 31.9 Å². The smallest absolute Gasteiger partial charge is 0.298 e. The number of carbonyl (C=O) groups excluding carboxylic acids is 1. The van der Waals surface area contributed by atoms with Crippen LogP contribution >= 0.6 is 10.3 Å². The van der Waals surface area contributed by atoms with Gasteiger partial charge in [0.15, 0.2) is 0 Å². The van der Waals surface area contributed by atoms with Crippen LogP contribution in [0, 0.1) is 5.92 Å². The van der Waals surface area contributed by atoms with E-state index in [1.54, 1.807) is 0 Å². The Bertz CT molecular complexity index is 833. The molecule has 0 aromatic heterocycles. The molecule has 0 amide bonds. The van der Waals surface area contributed by atoms with Crippen molar-refractivity contribution < 1.29 is 56.4 Å². The van der Waals surface area contributed by atoms with Gasteiger partial charge in [-0.15, -0.1) is 10.3 Å². The third kappa shape index (κ3) is 5.50. The summed E-state index contributed by atoms with van der Waals surface area (Å²) in [5.74, 6) is -16.5. The standard InChI is InChI=1S/C19H27F9O4S2/c1-33(14-10-6-3-7-11-14,12-15(29)13-8-4-2-5-9-13)32-34(30,31)19(27,28)17(22,23)16(20,21)18(24,25)26/h13-14H,2-12H2,1H3. The van der Waals surface area contributed by atoms with Crippen molar-refractivity contribution in [2.75, 3.05) is 12.0 Å². The maximum atomic E-state index is 14.3. The van der Waals surface area contributed by atoms with Crippen LogP contribution in [0.2, 0.25) is 0 Å². The van der Waals surface area contributed by atoms with E-state index < -0.39 is 66.4 Å². The first-order valence-corrected chi connectivity index (χ1v) is 14.3. The van der Waals surface area contributed by atoms with Gasteiger partial charge in [0.25, 0.3) is 0 Å². The van der Waals surface area contributed by atoms with Crippen LogP contribution in [-0.2, 0) is 18.5 Å². The Hall–Kier alpha value is -0.700. The SMILES string of the molecule is CS(CC(=O)C1CCCCC1)(OS(=O)(=O)C(F)(F)C(F)(F)C(F)(F)C(F)(F)F)C1CCCCC1. The molecule has 0 aromatic rings. The van der Waals surface area contributed by atoms with Crippen LogP contribution < -0.4 is 0 Å². The predicted molar refractivity (Wildman–Crippen MR) is 108 cm³/mol. The lowest BCUT2D eigenvalue weighted by atomic mass is 9.87. The maximum Gasteiger partial charge on any atom is 0.460 e. The zero-order valence-electron chi connectivity index (χ0n) is 18.3. The van der Waals surface area contributed by atoms with Crippen LogP contribution in [0.15, 0.2) is 0 Å². The van der Waals surface area contributed by atoms with E-state index in [0.29, 0.717) is 44.9 Å². The van der Waals surface area contributed by atoms with Crippen LogP contribution in [0.3, 0.4) is 0 Å². The van der Waals surface area contributed by atoms with E-state index in [1.165, 1.54) is 0 Å². The quantitative estimate of drug-likeness (QED) is 0.302. The number of hydrogen-bond donors (Lipinski definition) is 0. The van der Waals surface area contributed by atoms with Crippen molar-refractivity contribution in [1.82, 2.24) is 0 Å². The van der Waals surface area contributed by atoms with Gasteiger partial charge in [-0.2, -0.15) is 47.9 Å². The first-order chi connectivity index (χ1) is 15.3. The molecule has 34 heavy (non-hydrogen) atoms. The molecule has 0 radical (unpaired) electrons. The minimum Gasteiger partial charge on any atom is -0.298 e. The second-order valence-corrected chi connectivity index (χ2v) is 14.0. The summed E-state index contributed by atoms with van der Waals surface area (Å²) in [5.41, 5.74) is 0. The van der Waals surface area contributed by atoms with Crippen molar-refractivity contribution in [2.24, 2.45) is 5.92 Å². The van der Waals surface area contributed by atoms with Crippen LogP contribution in [0.4, 0.5) is 39.5 Å². The molecule has 0 heterocycles. The molecule has 2 aliphatic rings. The Balaban J connectivity index is 2.42. The molecule has 4 nitrogen and oxygen atoms in total. The van der Waals surface area contributed by atoms with Gasteiger partial charge in [-0.3, -0.25) is 4.79 Å². The molecule has 0 saturated heterocycles. The molecule has 0 N–H and O–H groups in total. The van der Waals surface area contributed by atoms with Crippen molar-refractivity contribution >= 4 is 26.2 Å². The molecule has 1 atom stereocenters. The fourth-order valence-corrected chi connectivity index (χ4v) is 9.78. The summed E-state index contributed by atoms with van der Waals surface area (Å²) in [7, 11) is -10.5. The van der Waals surface area contributed by atoms with E-state index in [0.717, 1.165) is 12.7 Å². The highest BCUT2D eigenvalue weighted by atomic mass is 32.3.